The van der Waals surface area contributed by atoms with Crippen molar-refractivity contribution in [1.82, 2.24) is 29.3 Å². The number of H-pyrrole nitrogens is 1. The maximum atomic E-state index is 12.1. The van der Waals surface area contributed by atoms with Crippen LogP contribution in [0.4, 0.5) is 5.95 Å². The Morgan fingerprint density at radius 2 is 2.08 bits per heavy atom. The van der Waals surface area contributed by atoms with Gasteiger partial charge >= 0.3 is 0 Å². The van der Waals surface area contributed by atoms with Gasteiger partial charge in [0.2, 0.25) is 5.95 Å². The second-order valence-electron chi connectivity index (χ2n) is 5.53. The van der Waals surface area contributed by atoms with Crippen LogP contribution in [0.15, 0.2) is 35.3 Å². The van der Waals surface area contributed by atoms with Gasteiger partial charge in [-0.05, 0) is 19.1 Å². The zero-order valence-corrected chi connectivity index (χ0v) is 13.4. The number of aromatic nitrogens is 6. The van der Waals surface area contributed by atoms with Crippen LogP contribution < -0.4 is 10.9 Å². The number of hydrogen-bond donors (Lipinski definition) is 2. The molecule has 8 heteroatoms. The minimum atomic E-state index is -0.209. The van der Waals surface area contributed by atoms with Gasteiger partial charge in [-0.2, -0.15) is 10.1 Å². The number of hydrogen-bond acceptors (Lipinski definition) is 5. The summed E-state index contributed by atoms with van der Waals surface area (Å²) in [5.74, 6) is 1.30. The molecule has 0 unspecified atom stereocenters. The molecule has 0 atom stereocenters. The quantitative estimate of drug-likeness (QED) is 0.595. The lowest BCUT2D eigenvalue weighted by Crippen LogP contribution is -2.15. The van der Waals surface area contributed by atoms with E-state index in [2.05, 4.69) is 42.9 Å². The number of nitrogens with zero attached hydrogens (tertiary/aromatic N) is 5. The molecular formula is C16H17N7O. The van der Waals surface area contributed by atoms with E-state index in [-0.39, 0.29) is 5.56 Å². The number of rotatable bonds is 4. The number of nitrogens with one attached hydrogen (secondary N) is 2. The molecule has 3 aromatic heterocycles. The van der Waals surface area contributed by atoms with Crippen molar-refractivity contribution in [1.29, 1.82) is 0 Å². The molecule has 2 N–H and O–H groups in total. The highest BCUT2D eigenvalue weighted by Crippen LogP contribution is 2.16. The fraction of sp³-hybridized carbons (Fsp3) is 0.250. The minimum Gasteiger partial charge on any atom is -0.348 e. The Morgan fingerprint density at radius 3 is 2.92 bits per heavy atom. The van der Waals surface area contributed by atoms with Gasteiger partial charge in [0.1, 0.15) is 11.2 Å². The van der Waals surface area contributed by atoms with Crippen molar-refractivity contribution in [2.75, 3.05) is 5.32 Å². The fourth-order valence-electron chi connectivity index (χ4n) is 2.89. The highest BCUT2D eigenvalue weighted by Gasteiger charge is 2.11. The van der Waals surface area contributed by atoms with Crippen LogP contribution in [0.2, 0.25) is 0 Å². The molecule has 0 saturated heterocycles. The Hall–Kier alpha value is -3.16. The van der Waals surface area contributed by atoms with Gasteiger partial charge in [0.05, 0.1) is 23.8 Å². The van der Waals surface area contributed by atoms with Crippen LogP contribution in [0.1, 0.15) is 12.7 Å². The van der Waals surface area contributed by atoms with E-state index in [1.54, 1.807) is 11.7 Å². The van der Waals surface area contributed by atoms with E-state index in [0.29, 0.717) is 23.5 Å². The van der Waals surface area contributed by atoms with Crippen molar-refractivity contribution in [3.63, 3.8) is 0 Å². The van der Waals surface area contributed by atoms with Crippen molar-refractivity contribution in [3.8, 4) is 0 Å². The highest BCUT2D eigenvalue weighted by molar-refractivity contribution is 5.76. The first kappa shape index (κ1) is 14.4. The van der Waals surface area contributed by atoms with E-state index in [4.69, 9.17) is 0 Å². The average molecular weight is 323 g/mol. The van der Waals surface area contributed by atoms with Gasteiger partial charge in [0.25, 0.3) is 5.56 Å². The average Bonchev–Trinajstić information content (AvgIpc) is 3.14. The molecule has 0 aliphatic heterocycles. The number of anilines is 1. The van der Waals surface area contributed by atoms with E-state index in [1.807, 2.05) is 18.2 Å². The molecule has 0 radical (unpaired) electrons. The lowest BCUT2D eigenvalue weighted by molar-refractivity contribution is 0.726. The molecule has 0 amide bonds. The zero-order valence-electron chi connectivity index (χ0n) is 13.4. The van der Waals surface area contributed by atoms with E-state index in [1.165, 1.54) is 6.20 Å². The third-order valence-corrected chi connectivity index (χ3v) is 4.07. The molecule has 8 nitrogen and oxygen atoms in total. The Balaban J connectivity index is 1.68. The van der Waals surface area contributed by atoms with E-state index < -0.39 is 0 Å². The fourth-order valence-corrected chi connectivity index (χ4v) is 2.89. The first-order valence-corrected chi connectivity index (χ1v) is 7.77. The van der Waals surface area contributed by atoms with Gasteiger partial charge < -0.3 is 9.88 Å². The number of benzene rings is 1. The van der Waals surface area contributed by atoms with Crippen molar-refractivity contribution in [2.24, 2.45) is 7.05 Å². The maximum Gasteiger partial charge on any atom is 0.263 e. The number of para-hydroxylation sites is 2. The summed E-state index contributed by atoms with van der Waals surface area (Å²) in [6.07, 6.45) is 1.52. The third-order valence-electron chi connectivity index (χ3n) is 4.07. The largest absolute Gasteiger partial charge is 0.348 e. The lowest BCUT2D eigenvalue weighted by atomic mass is 10.3. The summed E-state index contributed by atoms with van der Waals surface area (Å²) in [6, 6.07) is 8.02. The summed E-state index contributed by atoms with van der Waals surface area (Å²) < 4.78 is 3.72. The smallest absolute Gasteiger partial charge is 0.263 e. The maximum absolute atomic E-state index is 12.1. The number of aromatic amines is 1. The number of imidazole rings is 1. The summed E-state index contributed by atoms with van der Waals surface area (Å²) in [6.45, 7) is 3.37. The van der Waals surface area contributed by atoms with Gasteiger partial charge in [-0.15, -0.1) is 0 Å². The highest BCUT2D eigenvalue weighted by atomic mass is 16.1. The Kier molecular flexibility index (Phi) is 3.30. The second kappa shape index (κ2) is 5.48. The molecule has 3 heterocycles. The van der Waals surface area contributed by atoms with Crippen molar-refractivity contribution < 1.29 is 0 Å². The Bertz CT molecular complexity index is 1090. The van der Waals surface area contributed by atoms with Gasteiger partial charge in [-0.3, -0.25) is 14.5 Å². The first-order valence-electron chi connectivity index (χ1n) is 7.77. The molecule has 1 aromatic carbocycles. The summed E-state index contributed by atoms with van der Waals surface area (Å²) in [4.78, 5) is 23.9. The van der Waals surface area contributed by atoms with Crippen LogP contribution in [0.3, 0.4) is 0 Å². The predicted octanol–water partition coefficient (Wildman–Crippen LogP) is 1.64. The van der Waals surface area contributed by atoms with Crippen molar-refractivity contribution in [3.05, 3.63) is 46.6 Å². The van der Waals surface area contributed by atoms with Crippen molar-refractivity contribution in [2.45, 2.75) is 20.0 Å². The van der Waals surface area contributed by atoms with Crippen LogP contribution in [-0.2, 0) is 20.1 Å². The SMILES string of the molecule is CCn1c(CNc2nc3c(cnn3C)c(=O)[nH]2)nc2ccccc21. The summed E-state index contributed by atoms with van der Waals surface area (Å²) in [5, 5.41) is 7.69. The van der Waals surface area contributed by atoms with Crippen LogP contribution in [0, 0.1) is 0 Å². The topological polar surface area (TPSA) is 93.4 Å². The molecule has 0 spiro atoms. The normalized spacial score (nSPS) is 11.4. The predicted molar refractivity (Wildman–Crippen MR) is 91.9 cm³/mol. The zero-order chi connectivity index (χ0) is 16.7. The molecule has 24 heavy (non-hydrogen) atoms. The van der Waals surface area contributed by atoms with Crippen molar-refractivity contribution >= 4 is 28.0 Å². The number of fused-ring (bicyclic) bond motifs is 2. The molecule has 0 aliphatic rings. The molecule has 4 rings (SSSR count). The molecule has 122 valence electrons. The molecular weight excluding hydrogens is 306 g/mol. The van der Waals surface area contributed by atoms with Gasteiger partial charge in [-0.1, -0.05) is 12.1 Å². The first-order chi connectivity index (χ1) is 11.7. The molecule has 0 bridgehead atoms. The van der Waals surface area contributed by atoms with Crippen LogP contribution in [-0.4, -0.2) is 29.3 Å². The van der Waals surface area contributed by atoms with Gasteiger partial charge in [-0.25, -0.2) is 4.98 Å². The van der Waals surface area contributed by atoms with Crippen LogP contribution in [0.25, 0.3) is 22.1 Å². The molecule has 0 aliphatic carbocycles. The summed E-state index contributed by atoms with van der Waals surface area (Å²) in [7, 11) is 1.76. The molecule has 0 fully saturated rings. The van der Waals surface area contributed by atoms with E-state index in [9.17, 15) is 4.79 Å². The van der Waals surface area contributed by atoms with Gasteiger partial charge in [0, 0.05) is 13.6 Å². The molecule has 0 saturated carbocycles. The third kappa shape index (κ3) is 2.23. The molecule has 4 aromatic rings. The van der Waals surface area contributed by atoms with Crippen LogP contribution in [0.5, 0.6) is 0 Å². The van der Waals surface area contributed by atoms with Crippen LogP contribution >= 0.6 is 0 Å². The lowest BCUT2D eigenvalue weighted by Gasteiger charge is -2.08. The second-order valence-corrected chi connectivity index (χ2v) is 5.53. The minimum absolute atomic E-state index is 0.209. The standard InChI is InChI=1S/C16H17N7O/c1-3-23-12-7-5-4-6-11(12)19-13(23)9-17-16-20-14-10(15(24)21-16)8-18-22(14)2/h4-8H,3,9H2,1-2H3,(H2,17,20,21,24). The Morgan fingerprint density at radius 1 is 1.25 bits per heavy atom. The number of aryl methyl sites for hydroxylation is 2. The Labute approximate surface area is 137 Å². The van der Waals surface area contributed by atoms with E-state index in [0.717, 1.165) is 23.4 Å². The summed E-state index contributed by atoms with van der Waals surface area (Å²) in [5.41, 5.74) is 2.39. The van der Waals surface area contributed by atoms with E-state index >= 15 is 0 Å². The monoisotopic (exact) mass is 323 g/mol. The van der Waals surface area contributed by atoms with Gasteiger partial charge in [0.15, 0.2) is 5.65 Å². The summed E-state index contributed by atoms with van der Waals surface area (Å²) >= 11 is 0.